The van der Waals surface area contributed by atoms with E-state index in [0.717, 1.165) is 5.56 Å². The summed E-state index contributed by atoms with van der Waals surface area (Å²) in [5.41, 5.74) is 6.92. The average molecular weight is 282 g/mol. The van der Waals surface area contributed by atoms with Crippen molar-refractivity contribution in [2.45, 2.75) is 25.3 Å². The molecule has 3 N–H and O–H groups in total. The molecule has 0 aliphatic rings. The van der Waals surface area contributed by atoms with E-state index in [1.807, 2.05) is 0 Å². The van der Waals surface area contributed by atoms with Crippen molar-refractivity contribution in [3.05, 3.63) is 27.7 Å². The maximum Gasteiger partial charge on any atom is 0.0710 e. The highest BCUT2D eigenvalue weighted by Crippen LogP contribution is 2.32. The van der Waals surface area contributed by atoms with Crippen molar-refractivity contribution in [1.82, 2.24) is 5.32 Å². The van der Waals surface area contributed by atoms with Crippen molar-refractivity contribution in [2.75, 3.05) is 12.3 Å². The second-order valence-electron chi connectivity index (χ2n) is 3.93. The van der Waals surface area contributed by atoms with E-state index in [9.17, 15) is 0 Å². The number of anilines is 1. The molecule has 1 aromatic rings. The van der Waals surface area contributed by atoms with Crippen LogP contribution in [0.1, 0.15) is 24.8 Å². The standard InChI is InChI=1S/C11H15Cl3N2/c1-6(2)16-5-10(14)7-3-8(12)11(15)9(13)4-7/h3-4,6,10,16H,5,15H2,1-2H3. The molecule has 5 heteroatoms. The molecule has 2 nitrogen and oxygen atoms in total. The van der Waals surface area contributed by atoms with Crippen LogP contribution in [0, 0.1) is 0 Å². The van der Waals surface area contributed by atoms with E-state index in [4.69, 9.17) is 40.5 Å². The van der Waals surface area contributed by atoms with Crippen LogP contribution in [0.4, 0.5) is 5.69 Å². The maximum absolute atomic E-state index is 6.23. The number of nitrogens with two attached hydrogens (primary N) is 1. The van der Waals surface area contributed by atoms with Crippen molar-refractivity contribution in [3.8, 4) is 0 Å². The molecule has 1 unspecified atom stereocenters. The summed E-state index contributed by atoms with van der Waals surface area (Å²) >= 11 is 18.1. The number of rotatable bonds is 4. The second-order valence-corrected chi connectivity index (χ2v) is 5.27. The predicted molar refractivity (Wildman–Crippen MR) is 72.6 cm³/mol. The maximum atomic E-state index is 6.23. The van der Waals surface area contributed by atoms with E-state index >= 15 is 0 Å². The number of alkyl halides is 1. The first-order valence-corrected chi connectivity index (χ1v) is 6.23. The fourth-order valence-corrected chi connectivity index (χ4v) is 1.96. The molecule has 90 valence electrons. The van der Waals surface area contributed by atoms with Gasteiger partial charge in [0, 0.05) is 12.6 Å². The number of nitrogens with one attached hydrogen (secondary N) is 1. The van der Waals surface area contributed by atoms with E-state index in [0.29, 0.717) is 28.3 Å². The Morgan fingerprint density at radius 3 is 2.19 bits per heavy atom. The lowest BCUT2D eigenvalue weighted by Gasteiger charge is -2.15. The average Bonchev–Trinajstić information content (AvgIpc) is 2.21. The van der Waals surface area contributed by atoms with Crippen molar-refractivity contribution in [2.24, 2.45) is 0 Å². The van der Waals surface area contributed by atoms with Crippen LogP contribution in [0.2, 0.25) is 10.0 Å². The smallest absolute Gasteiger partial charge is 0.0710 e. The quantitative estimate of drug-likeness (QED) is 0.650. The van der Waals surface area contributed by atoms with E-state index in [1.165, 1.54) is 0 Å². The van der Waals surface area contributed by atoms with E-state index in [2.05, 4.69) is 19.2 Å². The highest BCUT2D eigenvalue weighted by atomic mass is 35.5. The molecule has 0 heterocycles. The van der Waals surface area contributed by atoms with Crippen LogP contribution in [-0.2, 0) is 0 Å². The lowest BCUT2D eigenvalue weighted by atomic mass is 10.1. The number of hydrogen-bond acceptors (Lipinski definition) is 2. The van der Waals surface area contributed by atoms with Gasteiger partial charge in [-0.3, -0.25) is 0 Å². The van der Waals surface area contributed by atoms with Crippen LogP contribution in [0.5, 0.6) is 0 Å². The molecule has 0 aliphatic heterocycles. The minimum atomic E-state index is -0.169. The third kappa shape index (κ3) is 3.70. The van der Waals surface area contributed by atoms with Gasteiger partial charge in [-0.1, -0.05) is 37.0 Å². The van der Waals surface area contributed by atoms with Gasteiger partial charge in [0.15, 0.2) is 0 Å². The summed E-state index contributed by atoms with van der Waals surface area (Å²) in [5.74, 6) is 0. The largest absolute Gasteiger partial charge is 0.396 e. The summed E-state index contributed by atoms with van der Waals surface area (Å²) in [6.45, 7) is 4.79. The van der Waals surface area contributed by atoms with Crippen molar-refractivity contribution in [3.63, 3.8) is 0 Å². The number of halogens is 3. The molecule has 0 spiro atoms. The van der Waals surface area contributed by atoms with Crippen LogP contribution in [-0.4, -0.2) is 12.6 Å². The normalized spacial score (nSPS) is 13.1. The van der Waals surface area contributed by atoms with Crippen LogP contribution in [0.15, 0.2) is 12.1 Å². The second kappa shape index (κ2) is 5.97. The van der Waals surface area contributed by atoms with E-state index < -0.39 is 0 Å². The molecule has 0 fully saturated rings. The van der Waals surface area contributed by atoms with Crippen molar-refractivity contribution >= 4 is 40.5 Å². The highest BCUT2D eigenvalue weighted by molar-refractivity contribution is 6.39. The Labute approximate surface area is 111 Å². The lowest BCUT2D eigenvalue weighted by molar-refractivity contribution is 0.583. The van der Waals surface area contributed by atoms with E-state index in [1.54, 1.807) is 12.1 Å². The Bertz CT molecular complexity index is 343. The summed E-state index contributed by atoms with van der Waals surface area (Å²) in [6, 6.07) is 3.89. The minimum Gasteiger partial charge on any atom is -0.396 e. The van der Waals surface area contributed by atoms with Crippen LogP contribution >= 0.6 is 34.8 Å². The highest BCUT2D eigenvalue weighted by Gasteiger charge is 2.12. The Kier molecular flexibility index (Phi) is 5.19. The number of nitrogen functional groups attached to an aromatic ring is 1. The molecular formula is C11H15Cl3N2. The summed E-state index contributed by atoms with van der Waals surface area (Å²) in [5, 5.41) is 3.96. The topological polar surface area (TPSA) is 38.0 Å². The number of benzene rings is 1. The summed E-state index contributed by atoms with van der Waals surface area (Å²) < 4.78 is 0. The van der Waals surface area contributed by atoms with Gasteiger partial charge in [-0.05, 0) is 17.7 Å². The Morgan fingerprint density at radius 1 is 1.25 bits per heavy atom. The molecule has 1 aromatic carbocycles. The Balaban J connectivity index is 2.80. The van der Waals surface area contributed by atoms with Crippen molar-refractivity contribution in [1.29, 1.82) is 0 Å². The Hall–Kier alpha value is -0.150. The fraction of sp³-hybridized carbons (Fsp3) is 0.455. The van der Waals surface area contributed by atoms with Gasteiger partial charge >= 0.3 is 0 Å². The van der Waals surface area contributed by atoms with Crippen LogP contribution in [0.25, 0.3) is 0 Å². The monoisotopic (exact) mass is 280 g/mol. The SMILES string of the molecule is CC(C)NCC(Cl)c1cc(Cl)c(N)c(Cl)c1. The first-order chi connectivity index (χ1) is 7.41. The summed E-state index contributed by atoms with van der Waals surface area (Å²) in [6.07, 6.45) is 0. The first kappa shape index (κ1) is 13.9. The molecule has 0 aliphatic carbocycles. The zero-order chi connectivity index (χ0) is 12.3. The van der Waals surface area contributed by atoms with Crippen molar-refractivity contribution < 1.29 is 0 Å². The molecule has 0 bridgehead atoms. The molecule has 0 saturated carbocycles. The van der Waals surface area contributed by atoms with Gasteiger partial charge in [0.25, 0.3) is 0 Å². The molecule has 1 rings (SSSR count). The molecule has 0 saturated heterocycles. The third-order valence-corrected chi connectivity index (χ3v) is 3.20. The van der Waals surface area contributed by atoms with Gasteiger partial charge in [0.2, 0.25) is 0 Å². The van der Waals surface area contributed by atoms with E-state index in [-0.39, 0.29) is 5.38 Å². The zero-order valence-corrected chi connectivity index (χ0v) is 11.5. The predicted octanol–water partition coefficient (Wildman–Crippen LogP) is 3.85. The molecular weight excluding hydrogens is 266 g/mol. The summed E-state index contributed by atoms with van der Waals surface area (Å²) in [7, 11) is 0. The van der Waals surface area contributed by atoms with Crippen LogP contribution < -0.4 is 11.1 Å². The minimum absolute atomic E-state index is 0.169. The first-order valence-electron chi connectivity index (χ1n) is 5.03. The molecule has 0 radical (unpaired) electrons. The van der Waals surface area contributed by atoms with Gasteiger partial charge in [-0.25, -0.2) is 0 Å². The van der Waals surface area contributed by atoms with Gasteiger partial charge < -0.3 is 11.1 Å². The van der Waals surface area contributed by atoms with Crippen LogP contribution in [0.3, 0.4) is 0 Å². The van der Waals surface area contributed by atoms with Gasteiger partial charge in [0.05, 0.1) is 21.1 Å². The van der Waals surface area contributed by atoms with Gasteiger partial charge in [-0.2, -0.15) is 0 Å². The van der Waals surface area contributed by atoms with Gasteiger partial charge in [-0.15, -0.1) is 11.6 Å². The third-order valence-electron chi connectivity index (χ3n) is 2.17. The lowest BCUT2D eigenvalue weighted by Crippen LogP contribution is -2.26. The fourth-order valence-electron chi connectivity index (χ4n) is 1.24. The number of hydrogen-bond donors (Lipinski definition) is 2. The Morgan fingerprint density at radius 2 is 1.75 bits per heavy atom. The molecule has 0 aromatic heterocycles. The van der Waals surface area contributed by atoms with Gasteiger partial charge in [0.1, 0.15) is 0 Å². The molecule has 0 amide bonds. The molecule has 16 heavy (non-hydrogen) atoms. The zero-order valence-electron chi connectivity index (χ0n) is 9.23. The summed E-state index contributed by atoms with van der Waals surface area (Å²) in [4.78, 5) is 0. The molecule has 1 atom stereocenters.